The molecule has 1 saturated heterocycles. The number of carbonyl (C=O) groups is 1. The Hall–Kier alpha value is -2.99. The zero-order chi connectivity index (χ0) is 18.1. The van der Waals surface area contributed by atoms with Crippen LogP contribution in [0.4, 0.5) is 4.39 Å². The largest absolute Gasteiger partial charge is 0.370 e. The quantitative estimate of drug-likeness (QED) is 0.726. The lowest BCUT2D eigenvalue weighted by Gasteiger charge is -2.49. The number of carbonyl (C=O) groups excluding carboxylic acids is 1. The van der Waals surface area contributed by atoms with Crippen LogP contribution in [0.1, 0.15) is 16.1 Å². The van der Waals surface area contributed by atoms with Crippen molar-refractivity contribution in [2.45, 2.75) is 5.60 Å². The van der Waals surface area contributed by atoms with Gasteiger partial charge in [0.1, 0.15) is 11.4 Å². The Labute approximate surface area is 150 Å². The number of benzene rings is 2. The van der Waals surface area contributed by atoms with Gasteiger partial charge in [-0.05, 0) is 29.8 Å². The lowest BCUT2D eigenvalue weighted by atomic mass is 9.85. The molecule has 6 heteroatoms. The number of methoxy groups -OCH3 is 1. The van der Waals surface area contributed by atoms with E-state index < -0.39 is 5.60 Å². The molecule has 0 saturated carbocycles. The molecule has 1 aliphatic rings. The molecule has 1 aromatic heterocycles. The van der Waals surface area contributed by atoms with Crippen molar-refractivity contribution in [3.05, 3.63) is 83.9 Å². The molecule has 2 heterocycles. The second kappa shape index (κ2) is 6.38. The highest BCUT2D eigenvalue weighted by Gasteiger charge is 2.47. The maximum Gasteiger partial charge on any atom is 0.274 e. The number of halogens is 1. The van der Waals surface area contributed by atoms with Crippen LogP contribution in [-0.4, -0.2) is 40.8 Å². The maximum absolute atomic E-state index is 13.4. The van der Waals surface area contributed by atoms with Crippen molar-refractivity contribution < 1.29 is 13.9 Å². The Balaban J connectivity index is 1.50. The molecule has 4 rings (SSSR count). The lowest BCUT2D eigenvalue weighted by molar-refractivity contribution is -0.114. The first-order chi connectivity index (χ1) is 12.6. The van der Waals surface area contributed by atoms with Crippen LogP contribution < -0.4 is 0 Å². The van der Waals surface area contributed by atoms with Crippen molar-refractivity contribution in [1.82, 2.24) is 14.7 Å². The summed E-state index contributed by atoms with van der Waals surface area (Å²) in [5, 5.41) is 4.29. The molecule has 0 atom stereocenters. The van der Waals surface area contributed by atoms with Crippen LogP contribution in [0.5, 0.6) is 0 Å². The van der Waals surface area contributed by atoms with Crippen LogP contribution >= 0.6 is 0 Å². The average molecular weight is 351 g/mol. The van der Waals surface area contributed by atoms with Crippen LogP contribution in [0.25, 0.3) is 5.69 Å². The van der Waals surface area contributed by atoms with E-state index in [9.17, 15) is 9.18 Å². The number of hydrogen-bond donors (Lipinski definition) is 0. The van der Waals surface area contributed by atoms with E-state index >= 15 is 0 Å². The van der Waals surface area contributed by atoms with Gasteiger partial charge in [0.05, 0.1) is 18.8 Å². The summed E-state index contributed by atoms with van der Waals surface area (Å²) >= 11 is 0. The van der Waals surface area contributed by atoms with Gasteiger partial charge in [0.15, 0.2) is 5.69 Å². The van der Waals surface area contributed by atoms with Gasteiger partial charge in [0.2, 0.25) is 0 Å². The van der Waals surface area contributed by atoms with Crippen LogP contribution in [0, 0.1) is 5.82 Å². The second-order valence-electron chi connectivity index (χ2n) is 6.35. The molecule has 0 unspecified atom stereocenters. The van der Waals surface area contributed by atoms with Gasteiger partial charge < -0.3 is 9.64 Å². The second-order valence-corrected chi connectivity index (χ2v) is 6.35. The smallest absolute Gasteiger partial charge is 0.274 e. The van der Waals surface area contributed by atoms with Crippen LogP contribution in [0.2, 0.25) is 0 Å². The summed E-state index contributed by atoms with van der Waals surface area (Å²) in [7, 11) is 1.66. The number of likely N-dealkylation sites (tertiary alicyclic amines) is 1. The molecule has 0 bridgehead atoms. The molecule has 0 radical (unpaired) electrons. The van der Waals surface area contributed by atoms with E-state index in [-0.39, 0.29) is 11.7 Å². The zero-order valence-corrected chi connectivity index (χ0v) is 14.3. The fourth-order valence-electron chi connectivity index (χ4n) is 3.25. The third kappa shape index (κ3) is 2.78. The van der Waals surface area contributed by atoms with E-state index in [4.69, 9.17) is 4.74 Å². The Bertz CT molecular complexity index is 933. The van der Waals surface area contributed by atoms with Crippen LogP contribution in [0.3, 0.4) is 0 Å². The molecule has 26 heavy (non-hydrogen) atoms. The third-order valence-electron chi connectivity index (χ3n) is 4.75. The van der Waals surface area contributed by atoms with E-state index in [0.29, 0.717) is 24.5 Å². The van der Waals surface area contributed by atoms with Crippen molar-refractivity contribution in [2.75, 3.05) is 20.2 Å². The summed E-state index contributed by atoms with van der Waals surface area (Å²) < 4.78 is 20.6. The molecule has 3 aromatic rings. The van der Waals surface area contributed by atoms with Crippen molar-refractivity contribution in [2.24, 2.45) is 0 Å². The minimum Gasteiger partial charge on any atom is -0.370 e. The summed E-state index contributed by atoms with van der Waals surface area (Å²) in [4.78, 5) is 14.4. The summed E-state index contributed by atoms with van der Waals surface area (Å²) in [6.45, 7) is 0.943. The van der Waals surface area contributed by atoms with Crippen molar-refractivity contribution in [1.29, 1.82) is 0 Å². The number of amides is 1. The predicted molar refractivity (Wildman–Crippen MR) is 94.6 cm³/mol. The fourth-order valence-corrected chi connectivity index (χ4v) is 3.25. The summed E-state index contributed by atoms with van der Waals surface area (Å²) in [6, 6.07) is 17.6. The lowest BCUT2D eigenvalue weighted by Crippen LogP contribution is -2.62. The molecule has 1 fully saturated rings. The highest BCUT2D eigenvalue weighted by atomic mass is 19.1. The minimum atomic E-state index is -0.470. The van der Waals surface area contributed by atoms with Gasteiger partial charge in [-0.2, -0.15) is 5.10 Å². The van der Waals surface area contributed by atoms with Crippen molar-refractivity contribution in [3.8, 4) is 5.69 Å². The van der Waals surface area contributed by atoms with Gasteiger partial charge in [0.25, 0.3) is 5.91 Å². The first-order valence-corrected chi connectivity index (χ1v) is 8.33. The maximum atomic E-state index is 13.4. The Morgan fingerprint density at radius 3 is 2.58 bits per heavy atom. The standard InChI is InChI=1S/C20H18FN3O2/c1-26-20(15-6-3-2-4-7-15)13-23(14-20)19(25)18-10-11-24(22-18)17-9-5-8-16(21)12-17/h2-12H,13-14H2,1H3. The number of aromatic nitrogens is 2. The van der Waals surface area contributed by atoms with Crippen LogP contribution in [0.15, 0.2) is 66.9 Å². The van der Waals surface area contributed by atoms with Crippen LogP contribution in [-0.2, 0) is 10.3 Å². The van der Waals surface area contributed by atoms with Gasteiger partial charge in [-0.25, -0.2) is 9.07 Å². The zero-order valence-electron chi connectivity index (χ0n) is 14.3. The van der Waals surface area contributed by atoms with E-state index in [2.05, 4.69) is 5.10 Å². The molecule has 1 amide bonds. The number of rotatable bonds is 4. The molecule has 0 aliphatic carbocycles. The highest BCUT2D eigenvalue weighted by Crippen LogP contribution is 2.35. The molecule has 132 valence electrons. The van der Waals surface area contributed by atoms with E-state index in [1.54, 1.807) is 36.4 Å². The minimum absolute atomic E-state index is 0.163. The molecule has 5 nitrogen and oxygen atoms in total. The van der Waals surface area contributed by atoms with E-state index in [0.717, 1.165) is 5.56 Å². The van der Waals surface area contributed by atoms with Gasteiger partial charge in [-0.15, -0.1) is 0 Å². The summed E-state index contributed by atoms with van der Waals surface area (Å²) in [5.41, 5.74) is 1.48. The Morgan fingerprint density at radius 2 is 1.88 bits per heavy atom. The monoisotopic (exact) mass is 351 g/mol. The van der Waals surface area contributed by atoms with Crippen molar-refractivity contribution >= 4 is 5.91 Å². The molecule has 2 aromatic carbocycles. The first-order valence-electron chi connectivity index (χ1n) is 8.33. The van der Waals surface area contributed by atoms with E-state index in [1.165, 1.54) is 16.8 Å². The molecular formula is C20H18FN3O2. The topological polar surface area (TPSA) is 47.4 Å². The highest BCUT2D eigenvalue weighted by molar-refractivity contribution is 5.93. The van der Waals surface area contributed by atoms with Gasteiger partial charge in [0, 0.05) is 13.3 Å². The van der Waals surface area contributed by atoms with Crippen molar-refractivity contribution in [3.63, 3.8) is 0 Å². The first kappa shape index (κ1) is 16.5. The van der Waals surface area contributed by atoms with Gasteiger partial charge >= 0.3 is 0 Å². The fraction of sp³-hybridized carbons (Fsp3) is 0.200. The summed E-state index contributed by atoms with van der Waals surface area (Å²) in [6.07, 6.45) is 1.66. The average Bonchev–Trinajstić information content (AvgIpc) is 3.12. The number of ether oxygens (including phenoxy) is 1. The predicted octanol–water partition coefficient (Wildman–Crippen LogP) is 3.01. The molecular weight excluding hydrogens is 333 g/mol. The molecule has 1 aliphatic heterocycles. The number of nitrogens with zero attached hydrogens (tertiary/aromatic N) is 3. The Kier molecular flexibility index (Phi) is 4.05. The molecule has 0 N–H and O–H groups in total. The normalized spacial score (nSPS) is 15.5. The number of hydrogen-bond acceptors (Lipinski definition) is 3. The third-order valence-corrected chi connectivity index (χ3v) is 4.75. The van der Waals surface area contributed by atoms with Gasteiger partial charge in [-0.1, -0.05) is 36.4 Å². The Morgan fingerprint density at radius 1 is 1.12 bits per heavy atom. The van der Waals surface area contributed by atoms with Gasteiger partial charge in [-0.3, -0.25) is 4.79 Å². The van der Waals surface area contributed by atoms with E-state index in [1.807, 2.05) is 30.3 Å². The summed E-state index contributed by atoms with van der Waals surface area (Å²) in [5.74, 6) is -0.509. The molecule has 0 spiro atoms. The SMILES string of the molecule is COC1(c2ccccc2)CN(C(=O)c2ccn(-c3cccc(F)c3)n2)C1.